The van der Waals surface area contributed by atoms with Crippen LogP contribution in [0.15, 0.2) is 60.0 Å². The van der Waals surface area contributed by atoms with Gasteiger partial charge in [0.05, 0.1) is 5.69 Å². The van der Waals surface area contributed by atoms with Crippen LogP contribution in [0.4, 0.5) is 5.82 Å². The van der Waals surface area contributed by atoms with E-state index in [1.54, 1.807) is 29.2 Å². The Kier molecular flexibility index (Phi) is 7.45. The monoisotopic (exact) mass is 510 g/mol. The van der Waals surface area contributed by atoms with Gasteiger partial charge >= 0.3 is 0 Å². The molecule has 0 bridgehead atoms. The second-order valence-electron chi connectivity index (χ2n) is 9.27. The molecule has 11 nitrogen and oxygen atoms in total. The third-order valence-electron chi connectivity index (χ3n) is 5.95. The standard InChI is InChI=1S/C27H30N10O/c1-4-5-21-10-11-37(36-21)25-9-6-19(14-29-25)15-30-27(38)22-8-7-20(16-28-22)26-31-17(2)12-23(33-26)32-24-13-18(3)34-35-24/h6-12,14,16,18,34H,4-5,13,15H2,1-3H3,(H,30,38)(H,31,32,33,35). The molecule has 5 heterocycles. The number of aromatic nitrogens is 6. The van der Waals surface area contributed by atoms with Crippen LogP contribution >= 0.6 is 0 Å². The molecule has 0 radical (unpaired) electrons. The van der Waals surface area contributed by atoms with Crippen LogP contribution in [0.5, 0.6) is 0 Å². The molecule has 4 aromatic heterocycles. The smallest absolute Gasteiger partial charge is 0.270 e. The van der Waals surface area contributed by atoms with Gasteiger partial charge in [-0.15, -0.1) is 0 Å². The zero-order valence-corrected chi connectivity index (χ0v) is 21.6. The number of aliphatic imine (C=N–C) groups is 1. The third kappa shape index (κ3) is 6.06. The van der Waals surface area contributed by atoms with Crippen molar-refractivity contribution in [3.63, 3.8) is 0 Å². The van der Waals surface area contributed by atoms with E-state index in [4.69, 9.17) is 0 Å². The molecule has 38 heavy (non-hydrogen) atoms. The molecule has 0 saturated carbocycles. The molecule has 1 amide bonds. The fourth-order valence-electron chi connectivity index (χ4n) is 4.02. The second kappa shape index (κ2) is 11.3. The fraction of sp³-hybridized carbons (Fsp3) is 0.296. The molecule has 1 aliphatic rings. The van der Waals surface area contributed by atoms with E-state index in [-0.39, 0.29) is 5.91 Å². The predicted molar refractivity (Wildman–Crippen MR) is 144 cm³/mol. The van der Waals surface area contributed by atoms with Crippen molar-refractivity contribution in [2.45, 2.75) is 52.6 Å². The molecule has 1 atom stereocenters. The second-order valence-corrected chi connectivity index (χ2v) is 9.27. The molecule has 0 aliphatic carbocycles. The summed E-state index contributed by atoms with van der Waals surface area (Å²) in [5, 5.41) is 7.42. The number of aryl methyl sites for hydroxylation is 2. The van der Waals surface area contributed by atoms with Crippen molar-refractivity contribution in [2.24, 2.45) is 4.99 Å². The lowest BCUT2D eigenvalue weighted by Gasteiger charge is -2.07. The van der Waals surface area contributed by atoms with Crippen molar-refractivity contribution >= 4 is 17.6 Å². The van der Waals surface area contributed by atoms with E-state index in [0.717, 1.165) is 47.9 Å². The zero-order valence-electron chi connectivity index (χ0n) is 21.6. The van der Waals surface area contributed by atoms with Crippen LogP contribution in [0, 0.1) is 6.92 Å². The largest absolute Gasteiger partial charge is 0.347 e. The van der Waals surface area contributed by atoms with Crippen molar-refractivity contribution in [2.75, 3.05) is 0 Å². The minimum atomic E-state index is -0.275. The SMILES string of the molecule is CCCc1ccn(-c2ccc(CNC(=O)c3ccc(-c4nc(C)cc(N=C5CC(C)NN5)n4)cn3)cn2)n1. The average Bonchev–Trinajstić information content (AvgIpc) is 3.56. The molecule has 1 fully saturated rings. The number of carbonyl (C=O) groups excluding carboxylic acids is 1. The van der Waals surface area contributed by atoms with Crippen molar-refractivity contribution in [3.8, 4) is 17.2 Å². The number of nitrogens with one attached hydrogen (secondary N) is 3. The van der Waals surface area contributed by atoms with E-state index in [0.29, 0.717) is 35.5 Å². The van der Waals surface area contributed by atoms with Gasteiger partial charge in [0.2, 0.25) is 0 Å². The molecule has 11 heteroatoms. The number of carbonyl (C=O) groups is 1. The lowest BCUT2D eigenvalue weighted by Crippen LogP contribution is -2.29. The van der Waals surface area contributed by atoms with Crippen molar-refractivity contribution in [3.05, 3.63) is 77.6 Å². The number of amidine groups is 1. The first kappa shape index (κ1) is 25.2. The summed E-state index contributed by atoms with van der Waals surface area (Å²) < 4.78 is 1.76. The Morgan fingerprint density at radius 3 is 2.76 bits per heavy atom. The van der Waals surface area contributed by atoms with Crippen LogP contribution in [0.3, 0.4) is 0 Å². The average molecular weight is 511 g/mol. The Balaban J connectivity index is 1.20. The van der Waals surface area contributed by atoms with Gasteiger partial charge in [-0.1, -0.05) is 19.4 Å². The highest BCUT2D eigenvalue weighted by molar-refractivity contribution is 5.92. The summed E-state index contributed by atoms with van der Waals surface area (Å²) in [7, 11) is 0. The fourth-order valence-corrected chi connectivity index (χ4v) is 4.02. The van der Waals surface area contributed by atoms with E-state index >= 15 is 0 Å². The van der Waals surface area contributed by atoms with Crippen molar-refractivity contribution < 1.29 is 4.79 Å². The summed E-state index contributed by atoms with van der Waals surface area (Å²) in [5.41, 5.74) is 9.92. The Bertz CT molecular complexity index is 1440. The molecule has 1 saturated heterocycles. The number of hydrogen-bond donors (Lipinski definition) is 3. The molecule has 0 aromatic carbocycles. The first-order valence-corrected chi connectivity index (χ1v) is 12.7. The van der Waals surface area contributed by atoms with Gasteiger partial charge < -0.3 is 10.7 Å². The van der Waals surface area contributed by atoms with Crippen LogP contribution in [0.1, 0.15) is 54.1 Å². The Morgan fingerprint density at radius 2 is 2.05 bits per heavy atom. The summed E-state index contributed by atoms with van der Waals surface area (Å²) in [4.78, 5) is 35.1. The number of pyridine rings is 2. The number of amides is 1. The van der Waals surface area contributed by atoms with E-state index in [9.17, 15) is 4.79 Å². The summed E-state index contributed by atoms with van der Waals surface area (Å²) in [6, 6.07) is 11.4. The van der Waals surface area contributed by atoms with Crippen LogP contribution in [-0.2, 0) is 13.0 Å². The summed E-state index contributed by atoms with van der Waals surface area (Å²) in [6.45, 7) is 6.44. The van der Waals surface area contributed by atoms with Gasteiger partial charge in [0.1, 0.15) is 11.5 Å². The molecule has 0 spiro atoms. The minimum Gasteiger partial charge on any atom is -0.347 e. The van der Waals surface area contributed by atoms with Gasteiger partial charge in [0.15, 0.2) is 17.5 Å². The van der Waals surface area contributed by atoms with E-state index in [2.05, 4.69) is 60.0 Å². The number of rotatable bonds is 8. The Morgan fingerprint density at radius 1 is 1.16 bits per heavy atom. The van der Waals surface area contributed by atoms with Gasteiger partial charge in [-0.05, 0) is 50.1 Å². The van der Waals surface area contributed by atoms with Crippen LogP contribution < -0.4 is 16.2 Å². The van der Waals surface area contributed by atoms with Gasteiger partial charge in [-0.25, -0.2) is 30.1 Å². The topological polar surface area (TPSA) is 135 Å². The molecule has 5 rings (SSSR count). The van der Waals surface area contributed by atoms with E-state index in [1.807, 2.05) is 37.4 Å². The maximum atomic E-state index is 12.7. The lowest BCUT2D eigenvalue weighted by atomic mass is 10.2. The van der Waals surface area contributed by atoms with Crippen LogP contribution in [-0.4, -0.2) is 47.5 Å². The molecule has 194 valence electrons. The highest BCUT2D eigenvalue weighted by Crippen LogP contribution is 2.20. The maximum Gasteiger partial charge on any atom is 0.270 e. The lowest BCUT2D eigenvalue weighted by molar-refractivity contribution is 0.0946. The van der Waals surface area contributed by atoms with E-state index in [1.165, 1.54) is 0 Å². The maximum absolute atomic E-state index is 12.7. The molecular weight excluding hydrogens is 480 g/mol. The van der Waals surface area contributed by atoms with Gasteiger partial charge in [0.25, 0.3) is 5.91 Å². The Labute approximate surface area is 220 Å². The van der Waals surface area contributed by atoms with Crippen molar-refractivity contribution in [1.29, 1.82) is 0 Å². The number of hydrazine groups is 1. The summed E-state index contributed by atoms with van der Waals surface area (Å²) >= 11 is 0. The normalized spacial score (nSPS) is 16.0. The van der Waals surface area contributed by atoms with Crippen LogP contribution in [0.25, 0.3) is 17.2 Å². The minimum absolute atomic E-state index is 0.275. The molecular formula is C27H30N10O. The molecule has 1 unspecified atom stereocenters. The highest BCUT2D eigenvalue weighted by atomic mass is 16.1. The van der Waals surface area contributed by atoms with Gasteiger partial charge in [-0.2, -0.15) is 5.10 Å². The number of hydrogen-bond acceptors (Lipinski definition) is 8. The van der Waals surface area contributed by atoms with Crippen molar-refractivity contribution in [1.82, 2.24) is 45.9 Å². The van der Waals surface area contributed by atoms with Gasteiger partial charge in [-0.3, -0.25) is 9.78 Å². The van der Waals surface area contributed by atoms with Crippen LogP contribution in [0.2, 0.25) is 0 Å². The molecule has 1 aliphatic heterocycles. The zero-order chi connectivity index (χ0) is 26.5. The molecule has 4 aromatic rings. The number of nitrogens with zero attached hydrogens (tertiary/aromatic N) is 7. The third-order valence-corrected chi connectivity index (χ3v) is 5.95. The summed E-state index contributed by atoms with van der Waals surface area (Å²) in [6.07, 6.45) is 8.04. The highest BCUT2D eigenvalue weighted by Gasteiger charge is 2.15. The summed E-state index contributed by atoms with van der Waals surface area (Å²) in [5.74, 6) is 2.37. The predicted octanol–water partition coefficient (Wildman–Crippen LogP) is 3.23. The van der Waals surface area contributed by atoms with E-state index < -0.39 is 0 Å². The first-order chi connectivity index (χ1) is 18.5. The first-order valence-electron chi connectivity index (χ1n) is 12.7. The van der Waals surface area contributed by atoms with Gasteiger partial charge in [0, 0.05) is 54.9 Å². The molecule has 3 N–H and O–H groups in total. The Hall–Kier alpha value is -4.51. The quantitative estimate of drug-likeness (QED) is 0.329.